The molecular formula is C28H38N4O3. The highest BCUT2D eigenvalue weighted by Gasteiger charge is 2.29. The number of carbonyl (C=O) groups excluding carboxylic acids is 1. The zero-order valence-electron chi connectivity index (χ0n) is 20.6. The fraction of sp³-hybridized carbons (Fsp3) is 0.536. The van der Waals surface area contributed by atoms with Crippen molar-refractivity contribution in [1.82, 2.24) is 9.80 Å². The minimum Gasteiger partial charge on any atom is -0.506 e. The van der Waals surface area contributed by atoms with E-state index < -0.39 is 0 Å². The van der Waals surface area contributed by atoms with Crippen LogP contribution in [0.3, 0.4) is 0 Å². The zero-order chi connectivity index (χ0) is 24.2. The molecule has 3 saturated heterocycles. The third kappa shape index (κ3) is 5.41. The molecule has 2 N–H and O–H groups in total. The van der Waals surface area contributed by atoms with Crippen molar-refractivity contribution in [3.8, 4) is 5.75 Å². The predicted octanol–water partition coefficient (Wildman–Crippen LogP) is 3.03. The minimum absolute atomic E-state index is 0.0800. The maximum absolute atomic E-state index is 12.9. The van der Waals surface area contributed by atoms with Crippen molar-refractivity contribution in [3.63, 3.8) is 0 Å². The van der Waals surface area contributed by atoms with Crippen LogP contribution in [0.25, 0.3) is 0 Å². The molecule has 7 heteroatoms. The average Bonchev–Trinajstić information content (AvgIpc) is 2.93. The summed E-state index contributed by atoms with van der Waals surface area (Å²) in [5, 5.41) is 19.6. The number of nitrogens with zero attached hydrogens (tertiary/aromatic N) is 4. The standard InChI is InChI=1S/C28H38N4O3/c33-21-22-4-3-13-32(20-22)28(35)23-7-9-24(10-8-23)29-14-11-25(12-15-29)30-16-18-31(19-17-30)26-5-1-2-6-27(26)34/h1-2,5-10,22,25,33-34H,3-4,11-21H2/t22-/m0/s1. The lowest BCUT2D eigenvalue weighted by Crippen LogP contribution is -2.53. The summed E-state index contributed by atoms with van der Waals surface area (Å²) in [6, 6.07) is 16.3. The number of phenolic OH excluding ortho intramolecular Hbond substituents is 1. The lowest BCUT2D eigenvalue weighted by Gasteiger charge is -2.44. The van der Waals surface area contributed by atoms with Crippen LogP contribution in [0.2, 0.25) is 0 Å². The Hall–Kier alpha value is -2.77. The quantitative estimate of drug-likeness (QED) is 0.689. The molecule has 35 heavy (non-hydrogen) atoms. The minimum atomic E-state index is 0.0800. The van der Waals surface area contributed by atoms with Gasteiger partial charge in [-0.2, -0.15) is 0 Å². The number of amides is 1. The summed E-state index contributed by atoms with van der Waals surface area (Å²) in [5.41, 5.74) is 2.87. The molecule has 5 rings (SSSR count). The number of piperazine rings is 1. The van der Waals surface area contributed by atoms with E-state index in [1.165, 1.54) is 5.69 Å². The molecule has 0 radical (unpaired) electrons. The summed E-state index contributed by atoms with van der Waals surface area (Å²) >= 11 is 0. The van der Waals surface area contributed by atoms with Crippen molar-refractivity contribution in [2.24, 2.45) is 5.92 Å². The molecule has 0 bridgehead atoms. The molecule has 2 aromatic rings. The number of carbonyl (C=O) groups is 1. The Bertz CT molecular complexity index is 982. The topological polar surface area (TPSA) is 70.5 Å². The zero-order valence-corrected chi connectivity index (χ0v) is 20.6. The number of benzene rings is 2. The molecular weight excluding hydrogens is 440 g/mol. The Kier molecular flexibility index (Phi) is 7.44. The van der Waals surface area contributed by atoms with Gasteiger partial charge in [-0.3, -0.25) is 9.69 Å². The van der Waals surface area contributed by atoms with Crippen LogP contribution in [0.1, 0.15) is 36.0 Å². The first-order chi connectivity index (χ1) is 17.1. The highest BCUT2D eigenvalue weighted by molar-refractivity contribution is 5.94. The molecule has 0 unspecified atom stereocenters. The number of aromatic hydroxyl groups is 1. The average molecular weight is 479 g/mol. The normalized spacial score (nSPS) is 22.4. The largest absolute Gasteiger partial charge is 0.506 e. The molecule has 1 amide bonds. The van der Waals surface area contributed by atoms with E-state index in [4.69, 9.17) is 0 Å². The molecule has 3 heterocycles. The first kappa shape index (κ1) is 23.9. The van der Waals surface area contributed by atoms with Crippen LogP contribution in [0.5, 0.6) is 5.75 Å². The number of phenols is 1. The fourth-order valence-corrected chi connectivity index (χ4v) is 5.94. The lowest BCUT2D eigenvalue weighted by atomic mass is 9.98. The smallest absolute Gasteiger partial charge is 0.253 e. The van der Waals surface area contributed by atoms with Crippen molar-refractivity contribution < 1.29 is 15.0 Å². The molecule has 7 nitrogen and oxygen atoms in total. The third-order valence-electron chi connectivity index (χ3n) is 8.06. The van der Waals surface area contributed by atoms with Gasteiger partial charge in [-0.15, -0.1) is 0 Å². The number of anilines is 2. The maximum Gasteiger partial charge on any atom is 0.253 e. The second kappa shape index (κ2) is 10.9. The van der Waals surface area contributed by atoms with Gasteiger partial charge in [0.1, 0.15) is 5.75 Å². The number of para-hydroxylation sites is 2. The first-order valence-electron chi connectivity index (χ1n) is 13.1. The Morgan fingerprint density at radius 2 is 1.54 bits per heavy atom. The van der Waals surface area contributed by atoms with Gasteiger partial charge in [0.25, 0.3) is 5.91 Å². The number of aliphatic hydroxyl groups excluding tert-OH is 1. The number of likely N-dealkylation sites (tertiary alicyclic amines) is 1. The SMILES string of the molecule is O=C(c1ccc(N2CCC(N3CCN(c4ccccc4O)CC3)CC2)cc1)N1CCC[C@H](CO)C1. The summed E-state index contributed by atoms with van der Waals surface area (Å²) in [7, 11) is 0. The second-order valence-electron chi connectivity index (χ2n) is 10.2. The second-order valence-corrected chi connectivity index (χ2v) is 10.2. The van der Waals surface area contributed by atoms with Crippen LogP contribution in [0.15, 0.2) is 48.5 Å². The van der Waals surface area contributed by atoms with Gasteiger partial charge in [-0.05, 0) is 68.0 Å². The first-order valence-corrected chi connectivity index (χ1v) is 13.1. The third-order valence-corrected chi connectivity index (χ3v) is 8.06. The summed E-state index contributed by atoms with van der Waals surface area (Å²) in [4.78, 5) is 22.1. The number of piperidine rings is 2. The molecule has 1 atom stereocenters. The molecule has 0 aliphatic carbocycles. The van der Waals surface area contributed by atoms with Crippen LogP contribution >= 0.6 is 0 Å². The summed E-state index contributed by atoms with van der Waals surface area (Å²) in [6.45, 7) is 7.62. The molecule has 0 aromatic heterocycles. The van der Waals surface area contributed by atoms with Crippen molar-refractivity contribution >= 4 is 17.3 Å². The van der Waals surface area contributed by atoms with Crippen molar-refractivity contribution in [2.75, 3.05) is 68.8 Å². The monoisotopic (exact) mass is 478 g/mol. The Morgan fingerprint density at radius 1 is 0.829 bits per heavy atom. The van der Waals surface area contributed by atoms with Crippen LogP contribution in [-0.2, 0) is 0 Å². The van der Waals surface area contributed by atoms with E-state index in [1.54, 1.807) is 6.07 Å². The van der Waals surface area contributed by atoms with Gasteiger partial charge in [-0.25, -0.2) is 0 Å². The summed E-state index contributed by atoms with van der Waals surface area (Å²) in [5.74, 6) is 0.658. The molecule has 0 spiro atoms. The van der Waals surface area contributed by atoms with E-state index in [1.807, 2.05) is 35.2 Å². The van der Waals surface area contributed by atoms with Gasteiger partial charge < -0.3 is 24.9 Å². The Balaban J connectivity index is 1.11. The number of hydrogen-bond donors (Lipinski definition) is 2. The van der Waals surface area contributed by atoms with E-state index in [-0.39, 0.29) is 18.4 Å². The molecule has 0 saturated carbocycles. The van der Waals surface area contributed by atoms with Crippen molar-refractivity contribution in [3.05, 3.63) is 54.1 Å². The number of aliphatic hydroxyl groups is 1. The fourth-order valence-electron chi connectivity index (χ4n) is 5.94. The molecule has 2 aromatic carbocycles. The van der Waals surface area contributed by atoms with Gasteiger partial charge >= 0.3 is 0 Å². The van der Waals surface area contributed by atoms with Gasteiger partial charge in [0.15, 0.2) is 0 Å². The molecule has 3 fully saturated rings. The van der Waals surface area contributed by atoms with E-state index >= 15 is 0 Å². The molecule has 3 aliphatic rings. The van der Waals surface area contributed by atoms with Crippen LogP contribution in [0, 0.1) is 5.92 Å². The molecule has 188 valence electrons. The van der Waals surface area contributed by atoms with Crippen molar-refractivity contribution in [1.29, 1.82) is 0 Å². The van der Waals surface area contributed by atoms with Crippen molar-refractivity contribution in [2.45, 2.75) is 31.7 Å². The van der Waals surface area contributed by atoms with Gasteiger partial charge in [0.05, 0.1) is 5.69 Å². The Morgan fingerprint density at radius 3 is 2.23 bits per heavy atom. The van der Waals surface area contributed by atoms with Crippen LogP contribution in [0.4, 0.5) is 11.4 Å². The predicted molar refractivity (Wildman–Crippen MR) is 139 cm³/mol. The van der Waals surface area contributed by atoms with Gasteiger partial charge in [0, 0.05) is 76.3 Å². The highest BCUT2D eigenvalue weighted by atomic mass is 16.3. The molecule has 3 aliphatic heterocycles. The van der Waals surface area contributed by atoms with E-state index in [2.05, 4.69) is 26.8 Å². The lowest BCUT2D eigenvalue weighted by molar-refractivity contribution is 0.0620. The highest BCUT2D eigenvalue weighted by Crippen LogP contribution is 2.29. The summed E-state index contributed by atoms with van der Waals surface area (Å²) in [6.07, 6.45) is 4.26. The van der Waals surface area contributed by atoms with E-state index in [9.17, 15) is 15.0 Å². The van der Waals surface area contributed by atoms with Crippen LogP contribution in [-0.4, -0.2) is 90.9 Å². The van der Waals surface area contributed by atoms with E-state index in [0.717, 1.165) is 82.7 Å². The van der Waals surface area contributed by atoms with E-state index in [0.29, 0.717) is 18.3 Å². The van der Waals surface area contributed by atoms with Gasteiger partial charge in [0.2, 0.25) is 0 Å². The summed E-state index contributed by atoms with van der Waals surface area (Å²) < 4.78 is 0. The number of hydrogen-bond acceptors (Lipinski definition) is 6. The Labute approximate surface area is 208 Å². The van der Waals surface area contributed by atoms with Gasteiger partial charge in [-0.1, -0.05) is 12.1 Å². The number of rotatable bonds is 5. The maximum atomic E-state index is 12.9. The van der Waals surface area contributed by atoms with Crippen LogP contribution < -0.4 is 9.80 Å².